The van der Waals surface area contributed by atoms with E-state index in [0.29, 0.717) is 10.9 Å². The van der Waals surface area contributed by atoms with Crippen molar-refractivity contribution in [2.45, 2.75) is 52.5 Å². The molecule has 0 saturated heterocycles. The lowest BCUT2D eigenvalue weighted by atomic mass is 9.64. The second-order valence-electron chi connectivity index (χ2n) is 7.09. The Kier molecular flexibility index (Phi) is 4.76. The van der Waals surface area contributed by atoms with Gasteiger partial charge in [-0.25, -0.2) is 4.39 Å². The highest BCUT2D eigenvalue weighted by molar-refractivity contribution is 6.31. The molecule has 1 aromatic carbocycles. The molecular weight excluding hydrogens is 273 g/mol. The Morgan fingerprint density at radius 3 is 2.70 bits per heavy atom. The van der Waals surface area contributed by atoms with E-state index in [2.05, 4.69) is 20.8 Å². The molecular formula is C17H25ClFN. The summed E-state index contributed by atoms with van der Waals surface area (Å²) in [6.45, 7) is 6.73. The second-order valence-corrected chi connectivity index (χ2v) is 7.50. The number of hydrogen-bond acceptors (Lipinski definition) is 1. The van der Waals surface area contributed by atoms with Crippen LogP contribution in [-0.2, 0) is 6.42 Å². The molecule has 1 aromatic rings. The van der Waals surface area contributed by atoms with E-state index in [4.69, 9.17) is 17.3 Å². The van der Waals surface area contributed by atoms with Crippen LogP contribution in [0.1, 0.15) is 45.6 Å². The van der Waals surface area contributed by atoms with Gasteiger partial charge in [0.05, 0.1) is 0 Å². The van der Waals surface area contributed by atoms with Crippen molar-refractivity contribution >= 4 is 11.6 Å². The zero-order valence-corrected chi connectivity index (χ0v) is 13.4. The van der Waals surface area contributed by atoms with E-state index >= 15 is 0 Å². The van der Waals surface area contributed by atoms with Crippen molar-refractivity contribution < 1.29 is 4.39 Å². The Hall–Kier alpha value is -0.600. The summed E-state index contributed by atoms with van der Waals surface area (Å²) in [6, 6.07) is 4.85. The molecule has 112 valence electrons. The summed E-state index contributed by atoms with van der Waals surface area (Å²) < 4.78 is 13.4. The van der Waals surface area contributed by atoms with Gasteiger partial charge in [-0.3, -0.25) is 0 Å². The lowest BCUT2D eigenvalue weighted by Crippen LogP contribution is -2.44. The van der Waals surface area contributed by atoms with Gasteiger partial charge in [0, 0.05) is 11.1 Å². The maximum Gasteiger partial charge on any atom is 0.123 e. The SMILES string of the molecule is CC1CCC(C(C)(C)Cc2cc(F)ccc2Cl)C(N)C1. The first-order valence-electron chi connectivity index (χ1n) is 7.49. The predicted molar refractivity (Wildman–Crippen MR) is 83.4 cm³/mol. The predicted octanol–water partition coefficient (Wildman–Crippen LogP) is 4.81. The average Bonchev–Trinajstić information content (AvgIpc) is 2.33. The van der Waals surface area contributed by atoms with E-state index in [1.165, 1.54) is 12.5 Å². The van der Waals surface area contributed by atoms with Gasteiger partial charge in [0.1, 0.15) is 5.82 Å². The molecule has 0 heterocycles. The highest BCUT2D eigenvalue weighted by atomic mass is 35.5. The molecule has 3 heteroatoms. The molecule has 0 aromatic heterocycles. The largest absolute Gasteiger partial charge is 0.327 e. The third kappa shape index (κ3) is 3.53. The van der Waals surface area contributed by atoms with Crippen molar-refractivity contribution in [3.05, 3.63) is 34.6 Å². The van der Waals surface area contributed by atoms with Gasteiger partial charge in [-0.05, 0) is 60.3 Å². The van der Waals surface area contributed by atoms with Crippen molar-refractivity contribution in [1.29, 1.82) is 0 Å². The van der Waals surface area contributed by atoms with Crippen LogP contribution in [0.15, 0.2) is 18.2 Å². The minimum atomic E-state index is -0.221. The Balaban J connectivity index is 2.16. The summed E-state index contributed by atoms with van der Waals surface area (Å²) in [5.41, 5.74) is 7.30. The fraction of sp³-hybridized carbons (Fsp3) is 0.647. The molecule has 2 rings (SSSR count). The molecule has 1 aliphatic carbocycles. The smallest absolute Gasteiger partial charge is 0.123 e. The van der Waals surface area contributed by atoms with Crippen molar-refractivity contribution in [1.82, 2.24) is 0 Å². The first kappa shape index (κ1) is 15.8. The normalized spacial score (nSPS) is 27.6. The quantitative estimate of drug-likeness (QED) is 0.851. The van der Waals surface area contributed by atoms with Crippen molar-refractivity contribution in [2.24, 2.45) is 23.0 Å². The van der Waals surface area contributed by atoms with Gasteiger partial charge in [0.15, 0.2) is 0 Å². The summed E-state index contributed by atoms with van der Waals surface area (Å²) in [5.74, 6) is 0.967. The zero-order valence-electron chi connectivity index (χ0n) is 12.6. The van der Waals surface area contributed by atoms with Crippen LogP contribution >= 0.6 is 11.6 Å². The molecule has 0 radical (unpaired) electrons. The molecule has 1 saturated carbocycles. The topological polar surface area (TPSA) is 26.0 Å². The zero-order chi connectivity index (χ0) is 14.9. The van der Waals surface area contributed by atoms with Gasteiger partial charge in [0.2, 0.25) is 0 Å². The van der Waals surface area contributed by atoms with Gasteiger partial charge in [-0.1, -0.05) is 38.8 Å². The minimum absolute atomic E-state index is 0.0387. The number of halogens is 2. The van der Waals surface area contributed by atoms with Crippen LogP contribution < -0.4 is 5.73 Å². The molecule has 0 bridgehead atoms. The average molecular weight is 298 g/mol. The molecule has 2 N–H and O–H groups in total. The molecule has 0 amide bonds. The maximum atomic E-state index is 13.4. The molecule has 1 nitrogen and oxygen atoms in total. The first-order valence-corrected chi connectivity index (χ1v) is 7.87. The van der Waals surface area contributed by atoms with E-state index in [-0.39, 0.29) is 17.3 Å². The monoisotopic (exact) mass is 297 g/mol. The summed E-state index contributed by atoms with van der Waals surface area (Å²) in [4.78, 5) is 0. The Bertz CT molecular complexity index is 472. The van der Waals surface area contributed by atoms with Crippen molar-refractivity contribution in [3.8, 4) is 0 Å². The maximum absolute atomic E-state index is 13.4. The van der Waals surface area contributed by atoms with Gasteiger partial charge in [-0.2, -0.15) is 0 Å². The van der Waals surface area contributed by atoms with E-state index in [1.807, 2.05) is 0 Å². The molecule has 1 fully saturated rings. The highest BCUT2D eigenvalue weighted by Crippen LogP contribution is 2.42. The summed E-state index contributed by atoms with van der Waals surface area (Å²) >= 11 is 6.20. The van der Waals surface area contributed by atoms with Crippen LogP contribution in [0.3, 0.4) is 0 Å². The van der Waals surface area contributed by atoms with Crippen molar-refractivity contribution in [3.63, 3.8) is 0 Å². The van der Waals surface area contributed by atoms with Crippen LogP contribution in [0, 0.1) is 23.1 Å². The number of hydrogen-bond donors (Lipinski definition) is 1. The van der Waals surface area contributed by atoms with Gasteiger partial charge < -0.3 is 5.73 Å². The fourth-order valence-electron chi connectivity index (χ4n) is 3.70. The number of rotatable bonds is 3. The Morgan fingerprint density at radius 1 is 1.35 bits per heavy atom. The van der Waals surface area contributed by atoms with E-state index < -0.39 is 0 Å². The van der Waals surface area contributed by atoms with Gasteiger partial charge in [0.25, 0.3) is 0 Å². The fourth-order valence-corrected chi connectivity index (χ4v) is 3.88. The van der Waals surface area contributed by atoms with Gasteiger partial charge >= 0.3 is 0 Å². The summed E-state index contributed by atoms with van der Waals surface area (Å²) in [7, 11) is 0. The van der Waals surface area contributed by atoms with Crippen molar-refractivity contribution in [2.75, 3.05) is 0 Å². The van der Waals surface area contributed by atoms with E-state index in [1.54, 1.807) is 12.1 Å². The Morgan fingerprint density at radius 2 is 2.05 bits per heavy atom. The second kappa shape index (κ2) is 6.03. The molecule has 0 aliphatic heterocycles. The standard InChI is InChI=1S/C17H25ClFN/c1-11-4-6-14(16(20)8-11)17(2,3)10-12-9-13(19)5-7-15(12)18/h5,7,9,11,14,16H,4,6,8,10,20H2,1-3H3. The van der Waals surface area contributed by atoms with Gasteiger partial charge in [-0.15, -0.1) is 0 Å². The van der Waals surface area contributed by atoms with Crippen LogP contribution in [0.25, 0.3) is 0 Å². The third-order valence-corrected chi connectivity index (χ3v) is 5.19. The lowest BCUT2D eigenvalue weighted by molar-refractivity contribution is 0.113. The third-order valence-electron chi connectivity index (χ3n) is 4.82. The first-order chi connectivity index (χ1) is 9.29. The highest BCUT2D eigenvalue weighted by Gasteiger charge is 2.37. The van der Waals surface area contributed by atoms with Crippen LogP contribution in [-0.4, -0.2) is 6.04 Å². The lowest BCUT2D eigenvalue weighted by Gasteiger charge is -2.43. The van der Waals surface area contributed by atoms with Crippen LogP contribution in [0.2, 0.25) is 5.02 Å². The Labute approximate surface area is 126 Å². The van der Waals surface area contributed by atoms with Crippen LogP contribution in [0.5, 0.6) is 0 Å². The van der Waals surface area contributed by atoms with E-state index in [9.17, 15) is 4.39 Å². The number of benzene rings is 1. The number of nitrogens with two attached hydrogens (primary N) is 1. The molecule has 3 atom stereocenters. The minimum Gasteiger partial charge on any atom is -0.327 e. The molecule has 20 heavy (non-hydrogen) atoms. The molecule has 1 aliphatic rings. The summed E-state index contributed by atoms with van der Waals surface area (Å²) in [5, 5.41) is 0.650. The van der Waals surface area contributed by atoms with E-state index in [0.717, 1.165) is 30.7 Å². The van der Waals surface area contributed by atoms with Crippen LogP contribution in [0.4, 0.5) is 4.39 Å². The molecule has 0 spiro atoms. The summed E-state index contributed by atoms with van der Waals surface area (Å²) in [6.07, 6.45) is 4.25. The molecule has 3 unspecified atom stereocenters.